The van der Waals surface area contributed by atoms with E-state index in [-0.39, 0.29) is 6.10 Å². The van der Waals surface area contributed by atoms with Gasteiger partial charge in [-0.1, -0.05) is 38.0 Å². The highest BCUT2D eigenvalue weighted by Crippen LogP contribution is 2.31. The van der Waals surface area contributed by atoms with Crippen LogP contribution in [0.1, 0.15) is 48.2 Å². The van der Waals surface area contributed by atoms with Crippen LogP contribution in [-0.4, -0.2) is 5.97 Å². The van der Waals surface area contributed by atoms with Gasteiger partial charge in [0.25, 0.3) is 0 Å². The third kappa shape index (κ3) is 2.02. The lowest BCUT2D eigenvalue weighted by Gasteiger charge is -2.22. The summed E-state index contributed by atoms with van der Waals surface area (Å²) in [5.74, 6) is -0.390. The van der Waals surface area contributed by atoms with Crippen molar-refractivity contribution in [2.24, 2.45) is 0 Å². The van der Waals surface area contributed by atoms with E-state index in [1.54, 1.807) is 6.07 Å². The van der Waals surface area contributed by atoms with Crippen molar-refractivity contribution in [1.82, 2.24) is 0 Å². The highest BCUT2D eigenvalue weighted by atomic mass is 17.2. The molecular formula is C12H14O3. The van der Waals surface area contributed by atoms with Crippen LogP contribution in [0.5, 0.6) is 0 Å². The fraction of sp³-hybridized carbons (Fsp3) is 0.417. The summed E-state index contributed by atoms with van der Waals surface area (Å²) in [6.45, 7) is 2.13. The van der Waals surface area contributed by atoms with Gasteiger partial charge in [-0.2, -0.15) is 4.89 Å². The highest BCUT2D eigenvalue weighted by molar-refractivity contribution is 5.91. The number of hydrogen-bond donors (Lipinski definition) is 0. The number of carbonyl (C=O) groups is 1. The summed E-state index contributed by atoms with van der Waals surface area (Å²) in [6, 6.07) is 7.46. The van der Waals surface area contributed by atoms with Gasteiger partial charge in [-0.25, -0.2) is 4.79 Å². The van der Waals surface area contributed by atoms with Crippen molar-refractivity contribution >= 4 is 5.97 Å². The first-order chi connectivity index (χ1) is 7.33. The first kappa shape index (κ1) is 10.2. The summed E-state index contributed by atoms with van der Waals surface area (Å²) in [5, 5.41) is 0. The number of fused-ring (bicyclic) bond motifs is 1. The number of hydrogen-bond acceptors (Lipinski definition) is 3. The third-order valence-corrected chi connectivity index (χ3v) is 2.59. The number of benzene rings is 1. The normalized spacial score (nSPS) is 19.5. The fourth-order valence-corrected chi connectivity index (χ4v) is 1.76. The van der Waals surface area contributed by atoms with Crippen LogP contribution in [0.2, 0.25) is 0 Å². The molecule has 0 fully saturated rings. The molecule has 0 saturated heterocycles. The molecule has 0 aliphatic carbocycles. The minimum Gasteiger partial charge on any atom is -0.292 e. The minimum absolute atomic E-state index is 0.0983. The van der Waals surface area contributed by atoms with Crippen molar-refractivity contribution in [3.05, 3.63) is 35.4 Å². The molecule has 3 nitrogen and oxygen atoms in total. The van der Waals surface area contributed by atoms with E-state index in [2.05, 4.69) is 11.8 Å². The molecule has 1 atom stereocenters. The zero-order valence-electron chi connectivity index (χ0n) is 8.73. The van der Waals surface area contributed by atoms with Crippen molar-refractivity contribution in [3.63, 3.8) is 0 Å². The van der Waals surface area contributed by atoms with Gasteiger partial charge in [-0.05, 0) is 18.1 Å². The van der Waals surface area contributed by atoms with Crippen molar-refractivity contribution in [3.8, 4) is 0 Å². The Morgan fingerprint density at radius 1 is 1.33 bits per heavy atom. The molecule has 1 unspecified atom stereocenters. The van der Waals surface area contributed by atoms with Crippen LogP contribution in [-0.2, 0) is 9.78 Å². The van der Waals surface area contributed by atoms with Gasteiger partial charge in [-0.3, -0.25) is 4.89 Å². The average molecular weight is 206 g/mol. The van der Waals surface area contributed by atoms with Gasteiger partial charge in [0.1, 0.15) is 6.10 Å². The molecule has 3 heteroatoms. The van der Waals surface area contributed by atoms with Crippen LogP contribution < -0.4 is 0 Å². The van der Waals surface area contributed by atoms with Crippen molar-refractivity contribution in [2.75, 3.05) is 0 Å². The molecule has 1 aromatic carbocycles. The van der Waals surface area contributed by atoms with E-state index in [9.17, 15) is 4.79 Å². The van der Waals surface area contributed by atoms with E-state index >= 15 is 0 Å². The summed E-state index contributed by atoms with van der Waals surface area (Å²) in [5.41, 5.74) is 1.58. The number of rotatable bonds is 3. The van der Waals surface area contributed by atoms with E-state index in [4.69, 9.17) is 4.89 Å². The van der Waals surface area contributed by atoms with Crippen LogP contribution in [0.4, 0.5) is 0 Å². The van der Waals surface area contributed by atoms with Gasteiger partial charge in [0.05, 0.1) is 5.56 Å². The Kier molecular flexibility index (Phi) is 3.02. The molecule has 1 aromatic rings. The fourth-order valence-electron chi connectivity index (χ4n) is 1.76. The molecule has 0 saturated carbocycles. The predicted molar refractivity (Wildman–Crippen MR) is 55.2 cm³/mol. The lowest BCUT2D eigenvalue weighted by molar-refractivity contribution is -0.285. The first-order valence-corrected chi connectivity index (χ1v) is 5.29. The van der Waals surface area contributed by atoms with Gasteiger partial charge >= 0.3 is 5.97 Å². The SMILES string of the molecule is CCCCC1OOC(=O)c2ccccc21. The molecule has 80 valence electrons. The van der Waals surface area contributed by atoms with Gasteiger partial charge in [-0.15, -0.1) is 0 Å². The Labute approximate surface area is 88.9 Å². The Bertz CT molecular complexity index is 360. The topological polar surface area (TPSA) is 35.5 Å². The third-order valence-electron chi connectivity index (χ3n) is 2.59. The average Bonchev–Trinajstić information content (AvgIpc) is 2.29. The Balaban J connectivity index is 2.24. The van der Waals surface area contributed by atoms with Crippen LogP contribution in [0.15, 0.2) is 24.3 Å². The second kappa shape index (κ2) is 4.45. The molecule has 2 rings (SSSR count). The summed E-state index contributed by atoms with van der Waals surface area (Å²) in [4.78, 5) is 21.1. The van der Waals surface area contributed by atoms with Crippen molar-refractivity contribution in [2.45, 2.75) is 32.3 Å². The lowest BCUT2D eigenvalue weighted by Crippen LogP contribution is -2.20. The predicted octanol–water partition coefficient (Wildman–Crippen LogP) is 3.02. The second-order valence-electron chi connectivity index (χ2n) is 3.69. The van der Waals surface area contributed by atoms with Gasteiger partial charge in [0.15, 0.2) is 0 Å². The van der Waals surface area contributed by atoms with Crippen LogP contribution in [0.25, 0.3) is 0 Å². The van der Waals surface area contributed by atoms with Crippen LogP contribution >= 0.6 is 0 Å². The Morgan fingerprint density at radius 2 is 2.13 bits per heavy atom. The first-order valence-electron chi connectivity index (χ1n) is 5.29. The molecule has 0 bridgehead atoms. The molecule has 0 spiro atoms. The molecule has 15 heavy (non-hydrogen) atoms. The molecule has 0 radical (unpaired) electrons. The van der Waals surface area contributed by atoms with Crippen molar-refractivity contribution in [1.29, 1.82) is 0 Å². The number of unbranched alkanes of at least 4 members (excludes halogenated alkanes) is 1. The Hall–Kier alpha value is -1.35. The monoisotopic (exact) mass is 206 g/mol. The smallest absolute Gasteiger partial charge is 0.292 e. The summed E-state index contributed by atoms with van der Waals surface area (Å²) in [6.07, 6.45) is 2.96. The van der Waals surface area contributed by atoms with Gasteiger partial charge < -0.3 is 0 Å². The zero-order valence-corrected chi connectivity index (χ0v) is 8.73. The zero-order chi connectivity index (χ0) is 10.7. The quantitative estimate of drug-likeness (QED) is 0.713. The summed E-state index contributed by atoms with van der Waals surface area (Å²) >= 11 is 0. The molecule has 0 N–H and O–H groups in total. The van der Waals surface area contributed by atoms with E-state index in [1.807, 2.05) is 18.2 Å². The largest absolute Gasteiger partial charge is 0.373 e. The van der Waals surface area contributed by atoms with E-state index in [1.165, 1.54) is 0 Å². The van der Waals surface area contributed by atoms with Crippen LogP contribution in [0.3, 0.4) is 0 Å². The van der Waals surface area contributed by atoms with E-state index in [0.29, 0.717) is 5.56 Å². The summed E-state index contributed by atoms with van der Waals surface area (Å²) in [7, 11) is 0. The maximum Gasteiger partial charge on any atom is 0.373 e. The maximum atomic E-state index is 11.4. The molecule has 1 heterocycles. The Morgan fingerprint density at radius 3 is 2.93 bits per heavy atom. The number of carbonyl (C=O) groups excluding carboxylic acids is 1. The molecular weight excluding hydrogens is 192 g/mol. The second-order valence-corrected chi connectivity index (χ2v) is 3.69. The van der Waals surface area contributed by atoms with Crippen LogP contribution in [0, 0.1) is 0 Å². The molecule has 0 amide bonds. The van der Waals surface area contributed by atoms with Gasteiger partial charge in [0.2, 0.25) is 0 Å². The van der Waals surface area contributed by atoms with E-state index < -0.39 is 5.97 Å². The molecule has 1 aliphatic heterocycles. The minimum atomic E-state index is -0.390. The lowest BCUT2D eigenvalue weighted by atomic mass is 9.98. The maximum absolute atomic E-state index is 11.4. The standard InChI is InChI=1S/C12H14O3/c1-2-3-8-11-9-6-4-5-7-10(9)12(13)15-14-11/h4-7,11H,2-3,8H2,1H3. The summed E-state index contributed by atoms with van der Waals surface area (Å²) < 4.78 is 0. The molecule has 1 aliphatic rings. The van der Waals surface area contributed by atoms with Gasteiger partial charge in [0, 0.05) is 0 Å². The van der Waals surface area contributed by atoms with Crippen molar-refractivity contribution < 1.29 is 14.6 Å². The molecule has 0 aromatic heterocycles. The van der Waals surface area contributed by atoms with E-state index in [0.717, 1.165) is 24.8 Å². The highest BCUT2D eigenvalue weighted by Gasteiger charge is 2.27.